The van der Waals surface area contributed by atoms with Crippen molar-refractivity contribution in [1.82, 2.24) is 14.6 Å². The fourth-order valence-electron chi connectivity index (χ4n) is 1.77. The molecule has 0 unspecified atom stereocenters. The molecule has 3 rings (SSSR count). The van der Waals surface area contributed by atoms with E-state index in [9.17, 15) is 5.11 Å². The van der Waals surface area contributed by atoms with E-state index in [0.29, 0.717) is 17.5 Å². The number of pyridine rings is 1. The molecule has 0 atom stereocenters. The molecule has 2 heterocycles. The molecule has 0 aliphatic heterocycles. The van der Waals surface area contributed by atoms with Crippen LogP contribution in [0.25, 0.3) is 5.65 Å². The van der Waals surface area contributed by atoms with E-state index in [-0.39, 0.29) is 12.0 Å². The van der Waals surface area contributed by atoms with Crippen LogP contribution in [0.15, 0.2) is 18.3 Å². The lowest BCUT2D eigenvalue weighted by molar-refractivity contribution is 0.219. The van der Waals surface area contributed by atoms with Gasteiger partial charge in [-0.05, 0) is 25.0 Å². The molecule has 5 nitrogen and oxygen atoms in total. The molecule has 0 radical (unpaired) electrons. The molecule has 0 amide bonds. The van der Waals surface area contributed by atoms with Gasteiger partial charge in [-0.15, -0.1) is 5.10 Å². The van der Waals surface area contributed by atoms with E-state index in [2.05, 4.69) is 15.4 Å². The Bertz CT molecular complexity index is 549. The van der Waals surface area contributed by atoms with Gasteiger partial charge in [0.2, 0.25) is 5.95 Å². The van der Waals surface area contributed by atoms with E-state index < -0.39 is 0 Å². The van der Waals surface area contributed by atoms with Crippen molar-refractivity contribution in [2.24, 2.45) is 5.41 Å². The van der Waals surface area contributed by atoms with E-state index in [1.165, 1.54) is 0 Å². The summed E-state index contributed by atoms with van der Waals surface area (Å²) in [6.45, 7) is 0.938. The molecule has 2 aromatic heterocycles. The van der Waals surface area contributed by atoms with Crippen LogP contribution < -0.4 is 5.32 Å². The molecule has 0 aromatic carbocycles. The first-order chi connectivity index (χ1) is 8.21. The van der Waals surface area contributed by atoms with Gasteiger partial charge in [-0.25, -0.2) is 4.52 Å². The molecule has 90 valence electrons. The number of hydrogen-bond donors (Lipinski definition) is 2. The minimum atomic E-state index is 0.0507. The summed E-state index contributed by atoms with van der Waals surface area (Å²) in [5, 5.41) is 17.3. The second-order valence-electron chi connectivity index (χ2n) is 4.60. The lowest BCUT2D eigenvalue weighted by atomic mass is 10.1. The van der Waals surface area contributed by atoms with Crippen molar-refractivity contribution in [2.75, 3.05) is 18.5 Å². The van der Waals surface area contributed by atoms with E-state index in [1.807, 2.05) is 6.07 Å². The molecular formula is C11H13ClN4O. The highest BCUT2D eigenvalue weighted by molar-refractivity contribution is 6.30. The van der Waals surface area contributed by atoms with E-state index >= 15 is 0 Å². The number of aromatic nitrogens is 3. The minimum absolute atomic E-state index is 0.0507. The number of aliphatic hydroxyl groups excluding tert-OH is 1. The van der Waals surface area contributed by atoms with Gasteiger partial charge in [0, 0.05) is 18.2 Å². The van der Waals surface area contributed by atoms with Crippen LogP contribution in [-0.4, -0.2) is 32.9 Å². The molecule has 0 bridgehead atoms. The smallest absolute Gasteiger partial charge is 0.243 e. The van der Waals surface area contributed by atoms with Gasteiger partial charge in [0.25, 0.3) is 0 Å². The molecule has 2 N–H and O–H groups in total. The second kappa shape index (κ2) is 3.85. The van der Waals surface area contributed by atoms with Gasteiger partial charge in [0.15, 0.2) is 5.65 Å². The zero-order valence-corrected chi connectivity index (χ0v) is 9.98. The molecule has 2 aromatic rings. The van der Waals surface area contributed by atoms with Crippen LogP contribution >= 0.6 is 11.6 Å². The number of halogens is 1. The average Bonchev–Trinajstić information content (AvgIpc) is 3.00. The topological polar surface area (TPSA) is 62.5 Å². The maximum Gasteiger partial charge on any atom is 0.243 e. The van der Waals surface area contributed by atoms with Crippen LogP contribution in [0.1, 0.15) is 12.8 Å². The Labute approximate surface area is 103 Å². The molecule has 6 heteroatoms. The zero-order valence-electron chi connectivity index (χ0n) is 9.23. The quantitative estimate of drug-likeness (QED) is 0.867. The van der Waals surface area contributed by atoms with Crippen LogP contribution in [-0.2, 0) is 0 Å². The summed E-state index contributed by atoms with van der Waals surface area (Å²) in [6, 6.07) is 3.60. The van der Waals surface area contributed by atoms with E-state index in [1.54, 1.807) is 16.8 Å². The Kier molecular flexibility index (Phi) is 2.45. The van der Waals surface area contributed by atoms with Crippen molar-refractivity contribution < 1.29 is 5.11 Å². The van der Waals surface area contributed by atoms with Crippen LogP contribution in [0.3, 0.4) is 0 Å². The SMILES string of the molecule is OCC1(CNc2nc3ccc(Cl)cn3n2)CC1. The molecule has 1 aliphatic carbocycles. The lowest BCUT2D eigenvalue weighted by Gasteiger charge is -2.10. The number of nitrogens with zero attached hydrogens (tertiary/aromatic N) is 3. The third-order valence-corrected chi connectivity index (χ3v) is 3.43. The number of anilines is 1. The summed E-state index contributed by atoms with van der Waals surface area (Å²) in [5.41, 5.74) is 0.806. The second-order valence-corrected chi connectivity index (χ2v) is 5.03. The molecule has 17 heavy (non-hydrogen) atoms. The standard InChI is InChI=1S/C11H13ClN4O/c12-8-1-2-9-14-10(15-16(9)5-8)13-6-11(7-17)3-4-11/h1-2,5,17H,3-4,6-7H2,(H,13,15). The highest BCUT2D eigenvalue weighted by atomic mass is 35.5. The van der Waals surface area contributed by atoms with Gasteiger partial charge in [-0.3, -0.25) is 0 Å². The summed E-state index contributed by atoms with van der Waals surface area (Å²) >= 11 is 5.87. The summed E-state index contributed by atoms with van der Waals surface area (Å²) < 4.78 is 1.64. The summed E-state index contributed by atoms with van der Waals surface area (Å²) in [5.74, 6) is 0.576. The number of aliphatic hydroxyl groups is 1. The first-order valence-electron chi connectivity index (χ1n) is 5.57. The molecule has 1 aliphatic rings. The van der Waals surface area contributed by atoms with E-state index in [4.69, 9.17) is 11.6 Å². The molecule has 0 spiro atoms. The summed E-state index contributed by atoms with van der Waals surface area (Å²) in [6.07, 6.45) is 3.85. The number of rotatable bonds is 4. The Morgan fingerprint density at radius 1 is 1.47 bits per heavy atom. The van der Waals surface area contributed by atoms with Crippen LogP contribution in [0.4, 0.5) is 5.95 Å². The van der Waals surface area contributed by atoms with Crippen molar-refractivity contribution in [3.05, 3.63) is 23.4 Å². The number of hydrogen-bond acceptors (Lipinski definition) is 4. The van der Waals surface area contributed by atoms with Crippen molar-refractivity contribution in [3.63, 3.8) is 0 Å². The summed E-state index contributed by atoms with van der Waals surface area (Å²) in [4.78, 5) is 4.32. The van der Waals surface area contributed by atoms with Crippen molar-refractivity contribution in [2.45, 2.75) is 12.8 Å². The van der Waals surface area contributed by atoms with Crippen molar-refractivity contribution >= 4 is 23.2 Å². The number of fused-ring (bicyclic) bond motifs is 1. The first-order valence-corrected chi connectivity index (χ1v) is 5.95. The van der Waals surface area contributed by atoms with Crippen LogP contribution in [0.5, 0.6) is 0 Å². The largest absolute Gasteiger partial charge is 0.396 e. The normalized spacial score (nSPS) is 17.3. The van der Waals surface area contributed by atoms with Gasteiger partial charge in [0.1, 0.15) is 0 Å². The van der Waals surface area contributed by atoms with Gasteiger partial charge < -0.3 is 10.4 Å². The van der Waals surface area contributed by atoms with Gasteiger partial charge in [-0.2, -0.15) is 4.98 Å². The zero-order chi connectivity index (χ0) is 11.9. The lowest BCUT2D eigenvalue weighted by Crippen LogP contribution is -2.19. The van der Waals surface area contributed by atoms with Gasteiger partial charge >= 0.3 is 0 Å². The third-order valence-electron chi connectivity index (χ3n) is 3.21. The van der Waals surface area contributed by atoms with Crippen molar-refractivity contribution in [3.8, 4) is 0 Å². The average molecular weight is 253 g/mol. The van der Waals surface area contributed by atoms with Gasteiger partial charge in [0.05, 0.1) is 11.6 Å². The first kappa shape index (κ1) is 10.8. The van der Waals surface area contributed by atoms with Gasteiger partial charge in [-0.1, -0.05) is 11.6 Å². The number of nitrogens with one attached hydrogen (secondary N) is 1. The minimum Gasteiger partial charge on any atom is -0.396 e. The van der Waals surface area contributed by atoms with Crippen molar-refractivity contribution in [1.29, 1.82) is 0 Å². The third kappa shape index (κ3) is 2.08. The monoisotopic (exact) mass is 252 g/mol. The maximum atomic E-state index is 9.21. The Morgan fingerprint density at radius 3 is 3.00 bits per heavy atom. The summed E-state index contributed by atoms with van der Waals surface area (Å²) in [7, 11) is 0. The fraction of sp³-hybridized carbons (Fsp3) is 0.455. The highest BCUT2D eigenvalue weighted by Crippen LogP contribution is 2.44. The predicted octanol–water partition coefficient (Wildman–Crippen LogP) is 1.57. The Hall–Kier alpha value is -1.33. The fourth-order valence-corrected chi connectivity index (χ4v) is 1.92. The predicted molar refractivity (Wildman–Crippen MR) is 65.2 cm³/mol. The molecule has 0 saturated heterocycles. The van der Waals surface area contributed by atoms with Crippen LogP contribution in [0, 0.1) is 5.41 Å². The molecule has 1 saturated carbocycles. The maximum absolute atomic E-state index is 9.21. The van der Waals surface area contributed by atoms with Crippen LogP contribution in [0.2, 0.25) is 5.02 Å². The molecule has 1 fully saturated rings. The highest BCUT2D eigenvalue weighted by Gasteiger charge is 2.41. The molecular weight excluding hydrogens is 240 g/mol. The van der Waals surface area contributed by atoms with E-state index in [0.717, 1.165) is 18.5 Å². The Morgan fingerprint density at radius 2 is 2.29 bits per heavy atom. The Balaban J connectivity index is 1.77.